The monoisotopic (exact) mass is 352 g/mol. The molecule has 1 fully saturated rings. The van der Waals surface area contributed by atoms with Crippen molar-refractivity contribution in [3.05, 3.63) is 12.2 Å². The molecule has 1 aliphatic rings. The van der Waals surface area contributed by atoms with Crippen molar-refractivity contribution in [2.24, 2.45) is 10.7 Å². The van der Waals surface area contributed by atoms with Crippen LogP contribution < -0.4 is 11.1 Å². The lowest BCUT2D eigenvalue weighted by atomic mass is 10.1. The quantitative estimate of drug-likeness (QED) is 0.342. The number of guanidine groups is 1. The van der Waals surface area contributed by atoms with Crippen LogP contribution in [0.5, 0.6) is 0 Å². The highest BCUT2D eigenvalue weighted by Crippen LogP contribution is 2.07. The molecule has 0 aromatic rings. The van der Waals surface area contributed by atoms with Crippen molar-refractivity contribution in [3.63, 3.8) is 0 Å². The van der Waals surface area contributed by atoms with Crippen LogP contribution in [0.4, 0.5) is 0 Å². The summed E-state index contributed by atoms with van der Waals surface area (Å²) in [5.41, 5.74) is 6.75. The number of hydrogen-bond acceptors (Lipinski definition) is 2. The molecular weight excluding hydrogens is 327 g/mol. The Morgan fingerprint density at radius 1 is 1.35 bits per heavy atom. The molecule has 0 aromatic heterocycles. The van der Waals surface area contributed by atoms with E-state index >= 15 is 0 Å². The Morgan fingerprint density at radius 3 is 2.59 bits per heavy atom. The number of nitrogens with two attached hydrogens (primary N) is 1. The summed E-state index contributed by atoms with van der Waals surface area (Å²) in [4.78, 5) is 6.65. The first-order valence-corrected chi connectivity index (χ1v) is 6.09. The van der Waals surface area contributed by atoms with Gasteiger partial charge in [0.15, 0.2) is 5.96 Å². The van der Waals surface area contributed by atoms with Gasteiger partial charge in [-0.3, -0.25) is 0 Å². The largest absolute Gasteiger partial charge is 0.370 e. The molecule has 0 atom stereocenters. The molecule has 1 aliphatic heterocycles. The highest BCUT2D eigenvalue weighted by molar-refractivity contribution is 14.0. The van der Waals surface area contributed by atoms with Crippen LogP contribution in [0.15, 0.2) is 17.1 Å². The zero-order valence-corrected chi connectivity index (χ0v) is 13.1. The van der Waals surface area contributed by atoms with Gasteiger partial charge in [0.05, 0.1) is 6.54 Å². The average molecular weight is 352 g/mol. The van der Waals surface area contributed by atoms with Gasteiger partial charge in [-0.1, -0.05) is 18.6 Å². The summed E-state index contributed by atoms with van der Waals surface area (Å²) in [6, 6.07) is 0. The van der Waals surface area contributed by atoms with Gasteiger partial charge in [-0.2, -0.15) is 0 Å². The Balaban J connectivity index is 0.00000256. The molecule has 17 heavy (non-hydrogen) atoms. The number of hydrogen-bond donors (Lipinski definition) is 2. The van der Waals surface area contributed by atoms with E-state index in [4.69, 9.17) is 5.73 Å². The molecule has 0 bridgehead atoms. The van der Waals surface area contributed by atoms with Gasteiger partial charge in [-0.25, -0.2) is 4.99 Å². The number of halogens is 1. The van der Waals surface area contributed by atoms with Gasteiger partial charge in [-0.05, 0) is 32.9 Å². The Labute approximate surface area is 122 Å². The van der Waals surface area contributed by atoms with E-state index in [9.17, 15) is 0 Å². The zero-order valence-electron chi connectivity index (χ0n) is 10.7. The van der Waals surface area contributed by atoms with Crippen LogP contribution in [0.2, 0.25) is 0 Å². The summed E-state index contributed by atoms with van der Waals surface area (Å²) in [7, 11) is 0. The Morgan fingerprint density at radius 2 is 2.00 bits per heavy atom. The number of piperidine rings is 1. The van der Waals surface area contributed by atoms with Crippen molar-refractivity contribution in [3.8, 4) is 0 Å². The minimum absolute atomic E-state index is 0. The van der Waals surface area contributed by atoms with E-state index in [-0.39, 0.29) is 24.0 Å². The van der Waals surface area contributed by atoms with Gasteiger partial charge in [0.2, 0.25) is 0 Å². The molecule has 3 N–H and O–H groups in total. The molecule has 1 saturated heterocycles. The van der Waals surface area contributed by atoms with Crippen LogP contribution in [-0.4, -0.2) is 43.6 Å². The van der Waals surface area contributed by atoms with Gasteiger partial charge in [0.25, 0.3) is 0 Å². The highest BCUT2D eigenvalue weighted by atomic mass is 127. The molecule has 0 unspecified atom stereocenters. The molecule has 4 nitrogen and oxygen atoms in total. The van der Waals surface area contributed by atoms with Crippen molar-refractivity contribution < 1.29 is 0 Å². The van der Waals surface area contributed by atoms with Crippen molar-refractivity contribution in [1.29, 1.82) is 0 Å². The van der Waals surface area contributed by atoms with Crippen LogP contribution >= 0.6 is 24.0 Å². The summed E-state index contributed by atoms with van der Waals surface area (Å²) in [5, 5.41) is 3.13. The molecule has 1 heterocycles. The van der Waals surface area contributed by atoms with Crippen LogP contribution in [0.1, 0.15) is 26.2 Å². The third-order valence-electron chi connectivity index (χ3n) is 2.70. The topological polar surface area (TPSA) is 53.6 Å². The Hall–Kier alpha value is -0.300. The van der Waals surface area contributed by atoms with E-state index in [1.807, 2.05) is 6.92 Å². The van der Waals surface area contributed by atoms with E-state index in [0.29, 0.717) is 12.5 Å². The minimum atomic E-state index is 0. The van der Waals surface area contributed by atoms with E-state index in [2.05, 4.69) is 21.8 Å². The molecule has 0 amide bonds. The lowest BCUT2D eigenvalue weighted by Crippen LogP contribution is -2.40. The summed E-state index contributed by atoms with van der Waals surface area (Å²) >= 11 is 0. The predicted octanol–water partition coefficient (Wildman–Crippen LogP) is 1.57. The van der Waals surface area contributed by atoms with Crippen molar-refractivity contribution in [1.82, 2.24) is 10.2 Å². The fraction of sp³-hybridized carbons (Fsp3) is 0.750. The molecule has 1 rings (SSSR count). The van der Waals surface area contributed by atoms with E-state index < -0.39 is 0 Å². The summed E-state index contributed by atoms with van der Waals surface area (Å²) in [6.45, 7) is 10.7. The van der Waals surface area contributed by atoms with Crippen LogP contribution in [-0.2, 0) is 0 Å². The highest BCUT2D eigenvalue weighted by Gasteiger charge is 2.08. The molecule has 5 heteroatoms. The number of likely N-dealkylation sites (tertiary alicyclic amines) is 1. The first-order chi connectivity index (χ1) is 7.68. The molecule has 0 spiro atoms. The van der Waals surface area contributed by atoms with Crippen LogP contribution in [0.25, 0.3) is 0 Å². The van der Waals surface area contributed by atoms with Gasteiger partial charge in [0, 0.05) is 13.1 Å². The molecule has 0 saturated carbocycles. The smallest absolute Gasteiger partial charge is 0.188 e. The average Bonchev–Trinajstić information content (AvgIpc) is 2.28. The summed E-state index contributed by atoms with van der Waals surface area (Å²) in [6.07, 6.45) is 4.05. The van der Waals surface area contributed by atoms with Crippen LogP contribution in [0.3, 0.4) is 0 Å². The predicted molar refractivity (Wildman–Crippen MR) is 85.0 cm³/mol. The lowest BCUT2D eigenvalue weighted by molar-refractivity contribution is 0.232. The number of nitrogens with one attached hydrogen (secondary N) is 1. The molecular formula is C12H25IN4. The third-order valence-corrected chi connectivity index (χ3v) is 2.70. The van der Waals surface area contributed by atoms with E-state index in [1.54, 1.807) is 0 Å². The lowest BCUT2D eigenvalue weighted by Gasteiger charge is -2.26. The summed E-state index contributed by atoms with van der Waals surface area (Å²) in [5.74, 6) is 0.528. The van der Waals surface area contributed by atoms with Crippen molar-refractivity contribution >= 4 is 29.9 Å². The third kappa shape index (κ3) is 8.43. The number of nitrogens with zero attached hydrogens (tertiary/aromatic N) is 2. The number of aliphatic imine (C=N–C) groups is 1. The fourth-order valence-corrected chi connectivity index (χ4v) is 1.80. The SMILES string of the molecule is C=C(C)CN=C(N)NCCN1CCCCC1.I. The molecule has 0 aromatic carbocycles. The van der Waals surface area contributed by atoms with Gasteiger partial charge in [-0.15, -0.1) is 24.0 Å². The second-order valence-electron chi connectivity index (χ2n) is 4.49. The molecule has 0 aliphatic carbocycles. The fourth-order valence-electron chi connectivity index (χ4n) is 1.80. The number of rotatable bonds is 5. The molecule has 0 radical (unpaired) electrons. The Bertz CT molecular complexity index is 247. The van der Waals surface area contributed by atoms with Crippen molar-refractivity contribution in [2.75, 3.05) is 32.7 Å². The summed E-state index contributed by atoms with van der Waals surface area (Å²) < 4.78 is 0. The minimum Gasteiger partial charge on any atom is -0.370 e. The maximum atomic E-state index is 5.72. The molecule has 100 valence electrons. The first kappa shape index (κ1) is 16.7. The first-order valence-electron chi connectivity index (χ1n) is 6.09. The van der Waals surface area contributed by atoms with Gasteiger partial charge < -0.3 is 16.0 Å². The van der Waals surface area contributed by atoms with Gasteiger partial charge in [0.1, 0.15) is 0 Å². The maximum absolute atomic E-state index is 5.72. The Kier molecular flexibility index (Phi) is 9.53. The van der Waals surface area contributed by atoms with Crippen molar-refractivity contribution in [2.45, 2.75) is 26.2 Å². The van der Waals surface area contributed by atoms with Gasteiger partial charge >= 0.3 is 0 Å². The second kappa shape index (κ2) is 9.70. The van der Waals surface area contributed by atoms with E-state index in [0.717, 1.165) is 18.7 Å². The second-order valence-corrected chi connectivity index (χ2v) is 4.49. The standard InChI is InChI=1S/C12H24N4.HI/c1-11(2)10-15-12(13)14-6-9-16-7-4-3-5-8-16;/h1,3-10H2,2H3,(H3,13,14,15);1H. The zero-order chi connectivity index (χ0) is 11.8. The maximum Gasteiger partial charge on any atom is 0.188 e. The van der Waals surface area contributed by atoms with E-state index in [1.165, 1.54) is 32.4 Å². The van der Waals surface area contributed by atoms with Crippen LogP contribution in [0, 0.1) is 0 Å². The normalized spacial score (nSPS) is 17.4.